The van der Waals surface area contributed by atoms with Crippen LogP contribution in [-0.2, 0) is 0 Å². The lowest BCUT2D eigenvalue weighted by atomic mass is 9.96. The molecule has 4 N–H and O–H groups in total. The number of phenols is 4. The summed E-state index contributed by atoms with van der Waals surface area (Å²) in [5, 5.41) is 39.6. The maximum atomic E-state index is 13.5. The number of benzene rings is 2. The van der Waals surface area contributed by atoms with Gasteiger partial charge in [-0.1, -0.05) is 19.3 Å². The third kappa shape index (κ3) is 3.77. The molecule has 1 fully saturated rings. The molecule has 0 bridgehead atoms. The van der Waals surface area contributed by atoms with E-state index in [1.54, 1.807) is 0 Å². The highest BCUT2D eigenvalue weighted by molar-refractivity contribution is 5.92. The molecule has 0 spiro atoms. The Hall–Kier alpha value is -4.73. The molecule has 2 aromatic carbocycles. The molecule has 3 heterocycles. The van der Waals surface area contributed by atoms with Crippen molar-refractivity contribution in [2.24, 2.45) is 4.99 Å². The molecule has 0 atom stereocenters. The zero-order chi connectivity index (χ0) is 25.8. The minimum absolute atomic E-state index is 0.000176. The van der Waals surface area contributed by atoms with E-state index in [1.807, 2.05) is 0 Å². The van der Waals surface area contributed by atoms with Gasteiger partial charge in [-0.25, -0.2) is 4.99 Å². The first-order valence-corrected chi connectivity index (χ1v) is 11.8. The van der Waals surface area contributed by atoms with Gasteiger partial charge >= 0.3 is 0 Å². The number of fused-ring (bicyclic) bond motifs is 3. The Morgan fingerprint density at radius 3 is 2.03 bits per heavy atom. The van der Waals surface area contributed by atoms with E-state index >= 15 is 0 Å². The maximum Gasteiger partial charge on any atom is 0.259 e. The van der Waals surface area contributed by atoms with Crippen LogP contribution in [0.1, 0.15) is 32.1 Å². The van der Waals surface area contributed by atoms with E-state index in [2.05, 4.69) is 0 Å². The molecule has 37 heavy (non-hydrogen) atoms. The molecule has 10 nitrogen and oxygen atoms in total. The van der Waals surface area contributed by atoms with Gasteiger partial charge in [0.05, 0.1) is 22.2 Å². The summed E-state index contributed by atoms with van der Waals surface area (Å²) in [5.74, 6) is -1.87. The van der Waals surface area contributed by atoms with Gasteiger partial charge in [-0.15, -0.1) is 0 Å². The Morgan fingerprint density at radius 1 is 0.703 bits per heavy atom. The van der Waals surface area contributed by atoms with Crippen LogP contribution in [0.25, 0.3) is 44.2 Å². The van der Waals surface area contributed by atoms with Crippen molar-refractivity contribution in [1.82, 2.24) is 0 Å². The van der Waals surface area contributed by atoms with Gasteiger partial charge in [0.1, 0.15) is 28.8 Å². The summed E-state index contributed by atoms with van der Waals surface area (Å²) >= 11 is 0. The Kier molecular flexibility index (Phi) is 5.18. The van der Waals surface area contributed by atoms with Crippen LogP contribution < -0.4 is 16.4 Å². The lowest BCUT2D eigenvalue weighted by Crippen LogP contribution is -2.18. The predicted molar refractivity (Wildman–Crippen MR) is 133 cm³/mol. The average molecular weight is 503 g/mol. The molecule has 3 aromatic heterocycles. The largest absolute Gasteiger partial charge is 0.504 e. The van der Waals surface area contributed by atoms with Crippen molar-refractivity contribution >= 4 is 32.9 Å². The number of rotatable bonds is 2. The molecule has 0 saturated heterocycles. The zero-order valence-electron chi connectivity index (χ0n) is 19.4. The summed E-state index contributed by atoms with van der Waals surface area (Å²) in [6.07, 6.45) is 5.89. The third-order valence-corrected chi connectivity index (χ3v) is 6.71. The summed E-state index contributed by atoms with van der Waals surface area (Å²) in [5.41, 5.74) is -0.960. The molecule has 5 aromatic rings. The van der Waals surface area contributed by atoms with Crippen molar-refractivity contribution < 1.29 is 33.7 Å². The molecule has 0 aliphatic heterocycles. The minimum Gasteiger partial charge on any atom is -0.504 e. The lowest BCUT2D eigenvalue weighted by molar-refractivity contribution is 0.403. The topological polar surface area (TPSA) is 167 Å². The molecule has 0 amide bonds. The van der Waals surface area contributed by atoms with Crippen molar-refractivity contribution in [3.05, 3.63) is 62.6 Å². The van der Waals surface area contributed by atoms with Crippen molar-refractivity contribution in [3.8, 4) is 34.3 Å². The summed E-state index contributed by atoms with van der Waals surface area (Å²) in [4.78, 5) is 31.5. The van der Waals surface area contributed by atoms with Gasteiger partial charge in [0.2, 0.25) is 16.4 Å². The Balaban J connectivity index is 1.68. The van der Waals surface area contributed by atoms with Crippen LogP contribution in [0.2, 0.25) is 0 Å². The Bertz CT molecular complexity index is 1910. The van der Waals surface area contributed by atoms with Crippen molar-refractivity contribution in [1.29, 1.82) is 0 Å². The number of aromatic hydroxyl groups is 4. The van der Waals surface area contributed by atoms with Gasteiger partial charge in [0.15, 0.2) is 23.0 Å². The van der Waals surface area contributed by atoms with Crippen LogP contribution in [0, 0.1) is 0 Å². The summed E-state index contributed by atoms with van der Waals surface area (Å²) in [6, 6.07) is 5.73. The monoisotopic (exact) mass is 503 g/mol. The molecule has 1 saturated carbocycles. The Morgan fingerprint density at radius 2 is 1.32 bits per heavy atom. The summed E-state index contributed by atoms with van der Waals surface area (Å²) in [6.45, 7) is 0. The van der Waals surface area contributed by atoms with E-state index in [1.165, 1.54) is 6.07 Å². The first kappa shape index (κ1) is 22.7. The quantitative estimate of drug-likeness (QED) is 0.202. The van der Waals surface area contributed by atoms with Crippen LogP contribution in [-0.4, -0.2) is 26.5 Å². The highest BCUT2D eigenvalue weighted by Crippen LogP contribution is 2.32. The second kappa shape index (κ2) is 8.44. The van der Waals surface area contributed by atoms with E-state index in [-0.39, 0.29) is 55.8 Å². The van der Waals surface area contributed by atoms with Gasteiger partial charge in [-0.2, -0.15) is 0 Å². The molecule has 6 rings (SSSR count). The van der Waals surface area contributed by atoms with Gasteiger partial charge in [-0.05, 0) is 31.0 Å². The molecular formula is C27H21NO9. The second-order valence-corrected chi connectivity index (χ2v) is 9.16. The van der Waals surface area contributed by atoms with Crippen LogP contribution in [0.4, 0.5) is 0 Å². The van der Waals surface area contributed by atoms with Gasteiger partial charge in [0, 0.05) is 12.1 Å². The SMILES string of the molecule is O=c1c(-c2cc3c(=O)c4cc(O)c(O)cc4oc3c(=NC3CCCCC3)o2)coc2cc(O)c(O)cc12. The van der Waals surface area contributed by atoms with Gasteiger partial charge in [0.25, 0.3) is 5.55 Å². The normalized spacial score (nSPS) is 15.2. The minimum atomic E-state index is -0.559. The van der Waals surface area contributed by atoms with E-state index in [4.69, 9.17) is 18.2 Å². The molecule has 188 valence electrons. The maximum absolute atomic E-state index is 13.5. The fraction of sp³-hybridized carbons (Fsp3) is 0.222. The number of hydrogen-bond acceptors (Lipinski definition) is 10. The number of nitrogens with zero attached hydrogens (tertiary/aromatic N) is 1. The number of phenolic OH excluding ortho intramolecular Hbond substituents is 4. The first-order chi connectivity index (χ1) is 17.8. The van der Waals surface area contributed by atoms with E-state index in [9.17, 15) is 30.0 Å². The van der Waals surface area contributed by atoms with E-state index in [0.717, 1.165) is 62.6 Å². The predicted octanol–water partition coefficient (Wildman–Crippen LogP) is 4.37. The molecular weight excluding hydrogens is 482 g/mol. The molecule has 10 heteroatoms. The smallest absolute Gasteiger partial charge is 0.259 e. The molecule has 1 aliphatic carbocycles. The first-order valence-electron chi connectivity index (χ1n) is 11.8. The van der Waals surface area contributed by atoms with Crippen LogP contribution >= 0.6 is 0 Å². The van der Waals surface area contributed by atoms with E-state index in [0.29, 0.717) is 0 Å². The van der Waals surface area contributed by atoms with Crippen molar-refractivity contribution in [3.63, 3.8) is 0 Å². The Labute approximate surface area is 207 Å². The van der Waals surface area contributed by atoms with Crippen LogP contribution in [0.3, 0.4) is 0 Å². The lowest BCUT2D eigenvalue weighted by Gasteiger charge is -2.17. The zero-order valence-corrected chi connectivity index (χ0v) is 19.4. The van der Waals surface area contributed by atoms with Crippen LogP contribution in [0.5, 0.6) is 23.0 Å². The van der Waals surface area contributed by atoms with E-state index < -0.39 is 33.9 Å². The summed E-state index contributed by atoms with van der Waals surface area (Å²) in [7, 11) is 0. The molecule has 0 unspecified atom stereocenters. The van der Waals surface area contributed by atoms with Gasteiger partial charge in [-0.3, -0.25) is 9.59 Å². The average Bonchev–Trinajstić information content (AvgIpc) is 2.88. The molecule has 1 aliphatic rings. The standard InChI is InChI=1S/C27H21NO9/c29-17-6-13-21(9-19(17)31)35-11-16(25(13)34)22-8-15-24(33)14-7-18(30)20(32)10-23(14)36-26(15)27(37-22)28-12-4-2-1-3-5-12/h6-12,29-32H,1-5H2. The fourth-order valence-corrected chi connectivity index (χ4v) is 4.75. The highest BCUT2D eigenvalue weighted by atomic mass is 16.4. The van der Waals surface area contributed by atoms with Crippen LogP contribution in [0.15, 0.2) is 64.4 Å². The molecule has 0 radical (unpaired) electrons. The number of hydrogen-bond donors (Lipinski definition) is 4. The van der Waals surface area contributed by atoms with Crippen molar-refractivity contribution in [2.75, 3.05) is 0 Å². The van der Waals surface area contributed by atoms with Crippen molar-refractivity contribution in [2.45, 2.75) is 38.1 Å². The highest BCUT2D eigenvalue weighted by Gasteiger charge is 2.20. The third-order valence-electron chi connectivity index (χ3n) is 6.71. The second-order valence-electron chi connectivity index (χ2n) is 9.16. The van der Waals surface area contributed by atoms with Gasteiger partial charge < -0.3 is 33.7 Å². The summed E-state index contributed by atoms with van der Waals surface area (Å²) < 4.78 is 17.5. The fourth-order valence-electron chi connectivity index (χ4n) is 4.75.